The standard InChI is InChI=1S/C23H21ClN4O5S/c1-4-9-33-21-17(24)10-14(11-18(21)32-3)13-25-28-23-27-22(30)19(34-23)12-20(29)26-15-5-7-16(31-2)8-6-15/h1,5-8,10-11,13,19H,9,12H2,2-3H3,(H,26,29)(H,27,28,30)/b25-13-/t19-/m1/s1. The molecule has 0 radical (unpaired) electrons. The summed E-state index contributed by atoms with van der Waals surface area (Å²) in [6.07, 6.45) is 6.64. The smallest absolute Gasteiger partial charge is 0.240 e. The van der Waals surface area contributed by atoms with Gasteiger partial charge in [-0.2, -0.15) is 5.10 Å². The molecule has 0 saturated carbocycles. The van der Waals surface area contributed by atoms with Crippen LogP contribution in [0, 0.1) is 12.3 Å². The van der Waals surface area contributed by atoms with Crippen LogP contribution in [0.3, 0.4) is 0 Å². The monoisotopic (exact) mass is 500 g/mol. The van der Waals surface area contributed by atoms with Crippen LogP contribution >= 0.6 is 23.4 Å². The molecule has 2 aromatic carbocycles. The third-order valence-corrected chi connectivity index (χ3v) is 5.78. The molecule has 0 aliphatic carbocycles. The van der Waals surface area contributed by atoms with E-state index in [2.05, 4.69) is 26.8 Å². The highest BCUT2D eigenvalue weighted by atomic mass is 35.5. The lowest BCUT2D eigenvalue weighted by atomic mass is 10.2. The van der Waals surface area contributed by atoms with Gasteiger partial charge in [0.2, 0.25) is 11.8 Å². The Balaban J connectivity index is 1.59. The third-order valence-electron chi connectivity index (χ3n) is 4.43. The Bertz CT molecular complexity index is 1160. The molecule has 9 nitrogen and oxygen atoms in total. The van der Waals surface area contributed by atoms with Crippen molar-refractivity contribution in [1.29, 1.82) is 0 Å². The molecular formula is C23H21ClN4O5S. The molecule has 0 spiro atoms. The van der Waals surface area contributed by atoms with Crippen LogP contribution in [0.15, 0.2) is 46.6 Å². The zero-order valence-corrected chi connectivity index (χ0v) is 19.9. The van der Waals surface area contributed by atoms with Crippen LogP contribution < -0.4 is 24.8 Å². The van der Waals surface area contributed by atoms with Gasteiger partial charge in [0.1, 0.15) is 17.6 Å². The Morgan fingerprint density at radius 2 is 2.06 bits per heavy atom. The number of ether oxygens (including phenoxy) is 3. The number of hydrogen-bond acceptors (Lipinski definition) is 8. The predicted molar refractivity (Wildman–Crippen MR) is 133 cm³/mol. The molecule has 11 heteroatoms. The number of benzene rings is 2. The van der Waals surface area contributed by atoms with Crippen LogP contribution in [0.4, 0.5) is 5.69 Å². The summed E-state index contributed by atoms with van der Waals surface area (Å²) in [4.78, 5) is 24.5. The summed E-state index contributed by atoms with van der Waals surface area (Å²) in [5, 5.41) is 13.3. The summed E-state index contributed by atoms with van der Waals surface area (Å²) in [5.74, 6) is 3.16. The first kappa shape index (κ1) is 25.0. The average molecular weight is 501 g/mol. The Morgan fingerprint density at radius 1 is 1.29 bits per heavy atom. The summed E-state index contributed by atoms with van der Waals surface area (Å²) < 4.78 is 15.8. The van der Waals surface area contributed by atoms with Gasteiger partial charge in [-0.3, -0.25) is 9.59 Å². The lowest BCUT2D eigenvalue weighted by Crippen LogP contribution is -2.28. The van der Waals surface area contributed by atoms with E-state index in [-0.39, 0.29) is 30.0 Å². The first-order valence-corrected chi connectivity index (χ1v) is 11.2. The van der Waals surface area contributed by atoms with Crippen molar-refractivity contribution in [3.8, 4) is 29.6 Å². The fourth-order valence-corrected chi connectivity index (χ4v) is 4.06. The number of halogens is 1. The van der Waals surface area contributed by atoms with Crippen LogP contribution in [0.2, 0.25) is 5.02 Å². The molecule has 2 aromatic rings. The van der Waals surface area contributed by atoms with Gasteiger partial charge in [0.15, 0.2) is 16.7 Å². The second kappa shape index (κ2) is 12.0. The van der Waals surface area contributed by atoms with Crippen LogP contribution in [-0.4, -0.2) is 49.3 Å². The zero-order valence-electron chi connectivity index (χ0n) is 18.3. The van der Waals surface area contributed by atoms with Gasteiger partial charge in [-0.05, 0) is 36.4 Å². The van der Waals surface area contributed by atoms with Crippen molar-refractivity contribution >= 4 is 52.2 Å². The van der Waals surface area contributed by atoms with Crippen molar-refractivity contribution in [3.63, 3.8) is 0 Å². The van der Waals surface area contributed by atoms with E-state index in [1.807, 2.05) is 0 Å². The Labute approximate surface area is 205 Å². The van der Waals surface area contributed by atoms with Gasteiger partial charge >= 0.3 is 0 Å². The number of thioether (sulfide) groups is 1. The van der Waals surface area contributed by atoms with E-state index in [0.717, 1.165) is 11.8 Å². The number of methoxy groups -OCH3 is 2. The largest absolute Gasteiger partial charge is 0.497 e. The van der Waals surface area contributed by atoms with Crippen LogP contribution in [0.1, 0.15) is 12.0 Å². The molecule has 176 valence electrons. The summed E-state index contributed by atoms with van der Waals surface area (Å²) in [7, 11) is 3.04. The number of amidine groups is 1. The number of carbonyl (C=O) groups is 2. The number of amides is 2. The van der Waals surface area contributed by atoms with Gasteiger partial charge in [0.05, 0.1) is 25.5 Å². The zero-order chi connectivity index (χ0) is 24.5. The fraction of sp³-hybridized carbons (Fsp3) is 0.217. The van der Waals surface area contributed by atoms with E-state index in [9.17, 15) is 9.59 Å². The number of nitrogens with one attached hydrogen (secondary N) is 2. The fourth-order valence-electron chi connectivity index (χ4n) is 2.86. The van der Waals surface area contributed by atoms with E-state index in [4.69, 9.17) is 32.2 Å². The van der Waals surface area contributed by atoms with Crippen molar-refractivity contribution in [2.75, 3.05) is 26.1 Å². The van der Waals surface area contributed by atoms with Crippen molar-refractivity contribution < 1.29 is 23.8 Å². The average Bonchev–Trinajstić information content (AvgIpc) is 3.17. The highest BCUT2D eigenvalue weighted by molar-refractivity contribution is 8.15. The number of hydrogen-bond donors (Lipinski definition) is 2. The molecule has 0 aromatic heterocycles. The topological polar surface area (TPSA) is 111 Å². The minimum atomic E-state index is -0.616. The summed E-state index contributed by atoms with van der Waals surface area (Å²) >= 11 is 7.37. The predicted octanol–water partition coefficient (Wildman–Crippen LogP) is 3.32. The number of anilines is 1. The van der Waals surface area contributed by atoms with Gasteiger partial charge in [0.25, 0.3) is 0 Å². The van der Waals surface area contributed by atoms with Gasteiger partial charge in [-0.1, -0.05) is 29.3 Å². The van der Waals surface area contributed by atoms with Crippen molar-refractivity contribution in [2.45, 2.75) is 11.7 Å². The maximum atomic E-state index is 12.3. The minimum absolute atomic E-state index is 0.0167. The summed E-state index contributed by atoms with van der Waals surface area (Å²) in [5.41, 5.74) is 1.21. The lowest BCUT2D eigenvalue weighted by Gasteiger charge is -2.11. The second-order valence-electron chi connectivity index (χ2n) is 6.75. The molecular weight excluding hydrogens is 480 g/mol. The van der Waals surface area contributed by atoms with Crippen LogP contribution in [0.5, 0.6) is 17.2 Å². The molecule has 1 fully saturated rings. The van der Waals surface area contributed by atoms with E-state index in [1.165, 1.54) is 13.3 Å². The first-order chi connectivity index (χ1) is 16.4. The third kappa shape index (κ3) is 6.66. The molecule has 1 saturated heterocycles. The van der Waals surface area contributed by atoms with E-state index in [0.29, 0.717) is 33.5 Å². The molecule has 2 amide bonds. The van der Waals surface area contributed by atoms with Gasteiger partial charge in [-0.25, -0.2) is 0 Å². The quantitative estimate of drug-likeness (QED) is 0.310. The second-order valence-corrected chi connectivity index (χ2v) is 8.35. The molecule has 3 rings (SSSR count). The number of nitrogens with zero attached hydrogens (tertiary/aromatic N) is 2. The Morgan fingerprint density at radius 3 is 2.74 bits per heavy atom. The molecule has 0 bridgehead atoms. The van der Waals surface area contributed by atoms with Crippen LogP contribution in [0.25, 0.3) is 0 Å². The number of carbonyl (C=O) groups excluding carboxylic acids is 2. The molecule has 1 heterocycles. The molecule has 0 unspecified atom stereocenters. The van der Waals surface area contributed by atoms with E-state index >= 15 is 0 Å². The first-order valence-electron chi connectivity index (χ1n) is 9.89. The van der Waals surface area contributed by atoms with Gasteiger partial charge in [0, 0.05) is 17.7 Å². The molecule has 1 aliphatic rings. The molecule has 1 aliphatic heterocycles. The van der Waals surface area contributed by atoms with Crippen molar-refractivity contribution in [1.82, 2.24) is 5.32 Å². The SMILES string of the molecule is C#CCOc1c(Cl)cc(/C=N\N=C2\NC(=O)[C@@H](CC(=O)Nc3ccc(OC)cc3)S2)cc1OC. The highest BCUT2D eigenvalue weighted by Crippen LogP contribution is 2.36. The van der Waals surface area contributed by atoms with Gasteiger partial charge in [-0.15, -0.1) is 11.5 Å². The maximum absolute atomic E-state index is 12.3. The number of terminal acetylenes is 1. The number of rotatable bonds is 9. The lowest BCUT2D eigenvalue weighted by molar-refractivity contribution is -0.122. The highest BCUT2D eigenvalue weighted by Gasteiger charge is 2.32. The van der Waals surface area contributed by atoms with Gasteiger partial charge < -0.3 is 24.8 Å². The van der Waals surface area contributed by atoms with E-state index < -0.39 is 5.25 Å². The molecule has 1 atom stereocenters. The molecule has 34 heavy (non-hydrogen) atoms. The maximum Gasteiger partial charge on any atom is 0.240 e. The normalized spacial score (nSPS) is 16.2. The Kier molecular flexibility index (Phi) is 8.79. The van der Waals surface area contributed by atoms with E-state index in [1.54, 1.807) is 43.5 Å². The van der Waals surface area contributed by atoms with Crippen molar-refractivity contribution in [3.05, 3.63) is 47.0 Å². The van der Waals surface area contributed by atoms with Crippen LogP contribution in [-0.2, 0) is 9.59 Å². The summed E-state index contributed by atoms with van der Waals surface area (Å²) in [6, 6.07) is 10.2. The molecule has 2 N–H and O–H groups in total. The summed E-state index contributed by atoms with van der Waals surface area (Å²) in [6.45, 7) is 0.0490. The van der Waals surface area contributed by atoms with Crippen molar-refractivity contribution in [2.24, 2.45) is 10.2 Å². The minimum Gasteiger partial charge on any atom is -0.497 e. The Hall–Kier alpha value is -3.68.